The Morgan fingerprint density at radius 3 is 2.44 bits per heavy atom. The average Bonchev–Trinajstić information content (AvgIpc) is 2.83. The first-order chi connectivity index (χ1) is 16.5. The third-order valence-electron chi connectivity index (χ3n) is 7.14. The summed E-state index contributed by atoms with van der Waals surface area (Å²) in [5.41, 5.74) is 1.94. The van der Waals surface area contributed by atoms with E-state index in [1.165, 1.54) is 25.3 Å². The molecule has 4 nitrogen and oxygen atoms in total. The van der Waals surface area contributed by atoms with Crippen molar-refractivity contribution < 1.29 is 32.1 Å². The van der Waals surface area contributed by atoms with Gasteiger partial charge in [0.2, 0.25) is 0 Å². The fourth-order valence-electron chi connectivity index (χ4n) is 5.27. The maximum absolute atomic E-state index is 15.0. The van der Waals surface area contributed by atoms with Crippen LogP contribution in [0.1, 0.15) is 55.2 Å². The van der Waals surface area contributed by atoms with Crippen LogP contribution in [0.15, 0.2) is 24.3 Å². The molecule has 2 aromatic carbocycles. The molecule has 5 rings (SSSR count). The van der Waals surface area contributed by atoms with Gasteiger partial charge >= 0.3 is 0 Å². The number of hydrogen-bond donors (Lipinski definition) is 0. The standard InChI is InChI=1S/C27H31F3O4/c1-2-3-4-5-16-6-17-9-23(29)22(11-25(17)31-12-16)20-14-33-27(34-15-20)19-7-18-8-21(28)10-24(30)26(18)32-13-19/h8-11,16,19-20,27H,2-7,12-15H2,1H3/t16-,19-,20-,27-/m1/s1. The second-order valence-corrected chi connectivity index (χ2v) is 9.74. The second kappa shape index (κ2) is 10.2. The Hall–Kier alpha value is -2.25. The molecule has 1 saturated heterocycles. The van der Waals surface area contributed by atoms with E-state index in [1.807, 2.05) is 0 Å². The van der Waals surface area contributed by atoms with E-state index in [2.05, 4.69) is 6.92 Å². The van der Waals surface area contributed by atoms with E-state index in [0.29, 0.717) is 43.3 Å². The van der Waals surface area contributed by atoms with E-state index >= 15 is 4.39 Å². The van der Waals surface area contributed by atoms with E-state index in [9.17, 15) is 8.78 Å². The van der Waals surface area contributed by atoms with E-state index in [-0.39, 0.29) is 30.0 Å². The highest BCUT2D eigenvalue weighted by molar-refractivity contribution is 5.42. The Morgan fingerprint density at radius 2 is 1.65 bits per heavy atom. The molecule has 0 radical (unpaired) electrons. The molecule has 0 spiro atoms. The van der Waals surface area contributed by atoms with Gasteiger partial charge in [-0.1, -0.05) is 26.2 Å². The largest absolute Gasteiger partial charge is 0.493 e. The molecule has 0 bridgehead atoms. The van der Waals surface area contributed by atoms with Crippen molar-refractivity contribution in [2.24, 2.45) is 11.8 Å². The minimum Gasteiger partial charge on any atom is -0.493 e. The van der Waals surface area contributed by atoms with Crippen LogP contribution >= 0.6 is 0 Å². The number of rotatable bonds is 6. The van der Waals surface area contributed by atoms with Crippen LogP contribution in [0, 0.1) is 29.3 Å². The summed E-state index contributed by atoms with van der Waals surface area (Å²) in [6.45, 7) is 3.66. The third-order valence-corrected chi connectivity index (χ3v) is 7.14. The van der Waals surface area contributed by atoms with Crippen molar-refractivity contribution in [2.45, 2.75) is 57.7 Å². The summed E-state index contributed by atoms with van der Waals surface area (Å²) in [6.07, 6.45) is 5.35. The molecule has 3 aliphatic heterocycles. The van der Waals surface area contributed by atoms with Gasteiger partial charge in [-0.25, -0.2) is 13.2 Å². The van der Waals surface area contributed by atoms with Crippen LogP contribution in [-0.2, 0) is 22.3 Å². The van der Waals surface area contributed by atoms with E-state index in [4.69, 9.17) is 18.9 Å². The molecule has 0 N–H and O–H groups in total. The van der Waals surface area contributed by atoms with Crippen LogP contribution in [-0.4, -0.2) is 32.7 Å². The minimum absolute atomic E-state index is 0.0927. The first kappa shape index (κ1) is 23.5. The Morgan fingerprint density at radius 1 is 0.824 bits per heavy atom. The maximum atomic E-state index is 15.0. The molecule has 0 amide bonds. The summed E-state index contributed by atoms with van der Waals surface area (Å²) in [6, 6.07) is 5.52. The van der Waals surface area contributed by atoms with Crippen molar-refractivity contribution in [3.63, 3.8) is 0 Å². The van der Waals surface area contributed by atoms with Crippen molar-refractivity contribution in [1.82, 2.24) is 0 Å². The van der Waals surface area contributed by atoms with Gasteiger partial charge in [-0.15, -0.1) is 0 Å². The van der Waals surface area contributed by atoms with Gasteiger partial charge in [0.25, 0.3) is 0 Å². The first-order valence-corrected chi connectivity index (χ1v) is 12.3. The molecule has 3 aliphatic rings. The molecule has 0 aliphatic carbocycles. The predicted octanol–water partition coefficient (Wildman–Crippen LogP) is 5.94. The minimum atomic E-state index is -0.698. The number of unbranched alkanes of at least 4 members (excludes halogenated alkanes) is 2. The number of hydrogen-bond acceptors (Lipinski definition) is 4. The number of ether oxygens (including phenoxy) is 4. The predicted molar refractivity (Wildman–Crippen MR) is 121 cm³/mol. The lowest BCUT2D eigenvalue weighted by Gasteiger charge is -2.36. The van der Waals surface area contributed by atoms with Gasteiger partial charge in [0.1, 0.15) is 17.4 Å². The molecule has 34 heavy (non-hydrogen) atoms. The third kappa shape index (κ3) is 4.91. The summed E-state index contributed by atoms with van der Waals surface area (Å²) >= 11 is 0. The quantitative estimate of drug-likeness (QED) is 0.484. The lowest BCUT2D eigenvalue weighted by atomic mass is 9.89. The number of fused-ring (bicyclic) bond motifs is 2. The van der Waals surface area contributed by atoms with Gasteiger partial charge in [0, 0.05) is 23.5 Å². The van der Waals surface area contributed by atoms with Crippen LogP contribution < -0.4 is 9.47 Å². The maximum Gasteiger partial charge on any atom is 0.168 e. The Kier molecular flexibility index (Phi) is 7.02. The highest BCUT2D eigenvalue weighted by atomic mass is 19.1. The van der Waals surface area contributed by atoms with Crippen LogP contribution in [0.5, 0.6) is 11.5 Å². The zero-order chi connectivity index (χ0) is 23.7. The van der Waals surface area contributed by atoms with Crippen molar-refractivity contribution >= 4 is 0 Å². The summed E-state index contributed by atoms with van der Waals surface area (Å²) < 4.78 is 65.9. The Bertz CT molecular complexity index is 1020. The lowest BCUT2D eigenvalue weighted by Crippen LogP contribution is -2.41. The van der Waals surface area contributed by atoms with Crippen molar-refractivity contribution in [1.29, 1.82) is 0 Å². The van der Waals surface area contributed by atoms with Gasteiger partial charge in [-0.3, -0.25) is 0 Å². The molecule has 3 heterocycles. The van der Waals surface area contributed by atoms with Gasteiger partial charge in [0.05, 0.1) is 26.4 Å². The van der Waals surface area contributed by atoms with Gasteiger partial charge in [0.15, 0.2) is 17.9 Å². The van der Waals surface area contributed by atoms with E-state index < -0.39 is 17.9 Å². The van der Waals surface area contributed by atoms with Crippen molar-refractivity contribution in [3.8, 4) is 11.5 Å². The molecule has 1 fully saturated rings. The summed E-state index contributed by atoms with van der Waals surface area (Å²) in [7, 11) is 0. The Balaban J connectivity index is 1.20. The fourth-order valence-corrected chi connectivity index (χ4v) is 5.27. The molecular formula is C27H31F3O4. The van der Waals surface area contributed by atoms with Crippen molar-refractivity contribution in [3.05, 3.63) is 58.4 Å². The first-order valence-electron chi connectivity index (χ1n) is 12.3. The van der Waals surface area contributed by atoms with E-state index in [1.54, 1.807) is 12.1 Å². The summed E-state index contributed by atoms with van der Waals surface area (Å²) in [4.78, 5) is 0. The Labute approximate surface area is 198 Å². The zero-order valence-electron chi connectivity index (χ0n) is 19.5. The molecule has 0 unspecified atom stereocenters. The molecule has 7 heteroatoms. The van der Waals surface area contributed by atoms with Crippen molar-refractivity contribution in [2.75, 3.05) is 26.4 Å². The van der Waals surface area contributed by atoms with Gasteiger partial charge in [-0.05, 0) is 54.5 Å². The smallest absolute Gasteiger partial charge is 0.168 e. The van der Waals surface area contributed by atoms with Crippen LogP contribution in [0.4, 0.5) is 13.2 Å². The topological polar surface area (TPSA) is 36.9 Å². The van der Waals surface area contributed by atoms with E-state index in [0.717, 1.165) is 30.2 Å². The average molecular weight is 477 g/mol. The van der Waals surface area contributed by atoms with Crippen LogP contribution in [0.2, 0.25) is 0 Å². The van der Waals surface area contributed by atoms with Crippen LogP contribution in [0.25, 0.3) is 0 Å². The second-order valence-electron chi connectivity index (χ2n) is 9.74. The normalized spacial score (nSPS) is 26.2. The highest BCUT2D eigenvalue weighted by Crippen LogP contribution is 2.38. The molecule has 184 valence electrons. The molecule has 2 aromatic rings. The van der Waals surface area contributed by atoms with Gasteiger partial charge in [-0.2, -0.15) is 0 Å². The monoisotopic (exact) mass is 476 g/mol. The fraction of sp³-hybridized carbons (Fsp3) is 0.556. The zero-order valence-corrected chi connectivity index (χ0v) is 19.5. The highest BCUT2D eigenvalue weighted by Gasteiger charge is 2.35. The number of halogens is 3. The summed E-state index contributed by atoms with van der Waals surface area (Å²) in [5.74, 6) is -0.749. The molecule has 0 aromatic heterocycles. The van der Waals surface area contributed by atoms with Crippen LogP contribution in [0.3, 0.4) is 0 Å². The molecule has 2 atom stereocenters. The molecular weight excluding hydrogens is 445 g/mol. The molecule has 0 saturated carbocycles. The van der Waals surface area contributed by atoms with Gasteiger partial charge < -0.3 is 18.9 Å². The summed E-state index contributed by atoms with van der Waals surface area (Å²) in [5, 5.41) is 0. The number of benzene rings is 2. The lowest BCUT2D eigenvalue weighted by molar-refractivity contribution is -0.218. The SMILES string of the molecule is CCCCC[C@H]1COc2cc([C@H]3CO[C@H]([C@H]4COc5c(F)cc(F)cc5C4)OC3)c(F)cc2C1.